The van der Waals surface area contributed by atoms with Gasteiger partial charge >= 0.3 is 6.18 Å². The Hall–Kier alpha value is -4.23. The van der Waals surface area contributed by atoms with Gasteiger partial charge in [-0.05, 0) is 55.0 Å². The number of nitrogens with one attached hydrogen (secondary N) is 1. The van der Waals surface area contributed by atoms with Gasteiger partial charge in [0.25, 0.3) is 0 Å². The number of nitrogens with zero attached hydrogens (tertiary/aromatic N) is 4. The lowest BCUT2D eigenvalue weighted by atomic mass is 10.1. The first-order valence-electron chi connectivity index (χ1n) is 10.7. The van der Waals surface area contributed by atoms with Crippen molar-refractivity contribution in [2.45, 2.75) is 13.1 Å². The molecule has 0 fully saturated rings. The van der Waals surface area contributed by atoms with Crippen LogP contribution in [0.4, 0.5) is 28.4 Å². The second-order valence-corrected chi connectivity index (χ2v) is 9.09. The summed E-state index contributed by atoms with van der Waals surface area (Å²) in [6, 6.07) is 15.3. The second kappa shape index (κ2) is 8.77. The number of imidazole rings is 1. The molecule has 10 heteroatoms. The normalized spacial score (nSPS) is 11.6. The van der Waals surface area contributed by atoms with E-state index in [2.05, 4.69) is 21.4 Å². The molecule has 3 aromatic carbocycles. The molecule has 5 aromatic rings. The Morgan fingerprint density at radius 3 is 2.44 bits per heavy atom. The Morgan fingerprint density at radius 2 is 1.75 bits per heavy atom. The van der Waals surface area contributed by atoms with Gasteiger partial charge in [0.05, 0.1) is 33.9 Å². The van der Waals surface area contributed by atoms with E-state index < -0.39 is 17.6 Å². The predicted molar refractivity (Wildman–Crippen MR) is 131 cm³/mol. The lowest BCUT2D eigenvalue weighted by molar-refractivity contribution is -0.137. The molecule has 0 unspecified atom stereocenters. The highest BCUT2D eigenvalue weighted by Crippen LogP contribution is 2.35. The average molecular weight is 508 g/mol. The van der Waals surface area contributed by atoms with Crippen LogP contribution in [0.2, 0.25) is 0 Å². The van der Waals surface area contributed by atoms with Gasteiger partial charge in [-0.1, -0.05) is 12.1 Å². The van der Waals surface area contributed by atoms with Gasteiger partial charge < -0.3 is 9.88 Å². The first kappa shape index (κ1) is 23.5. The fraction of sp³-hybridized carbons (Fsp3) is 0.115. The van der Waals surface area contributed by atoms with Crippen LogP contribution in [0.15, 0.2) is 60.0 Å². The third kappa shape index (κ3) is 4.41. The fourth-order valence-corrected chi connectivity index (χ4v) is 4.64. The molecule has 0 bridgehead atoms. The Labute approximate surface area is 207 Å². The molecule has 36 heavy (non-hydrogen) atoms. The number of rotatable bonds is 4. The minimum Gasteiger partial charge on any atom is -0.331 e. The van der Waals surface area contributed by atoms with Gasteiger partial charge in [0, 0.05) is 29.2 Å². The van der Waals surface area contributed by atoms with Crippen LogP contribution in [0.25, 0.3) is 33.7 Å². The van der Waals surface area contributed by atoms with Crippen LogP contribution < -0.4 is 5.32 Å². The predicted octanol–water partition coefficient (Wildman–Crippen LogP) is 7.45. The number of benzene rings is 3. The molecular weight excluding hydrogens is 490 g/mol. The molecule has 1 N–H and O–H groups in total. The number of alkyl halides is 3. The summed E-state index contributed by atoms with van der Waals surface area (Å²) in [5.74, 6) is -0.754. The molecular formula is C26H17F4N5S. The molecule has 5 rings (SSSR count). The van der Waals surface area contributed by atoms with Gasteiger partial charge in [-0.3, -0.25) is 0 Å². The molecule has 0 aliphatic rings. The third-order valence-corrected chi connectivity index (χ3v) is 6.52. The minimum atomic E-state index is -4.67. The van der Waals surface area contributed by atoms with E-state index in [4.69, 9.17) is 5.26 Å². The van der Waals surface area contributed by atoms with Crippen molar-refractivity contribution in [3.63, 3.8) is 0 Å². The molecule has 2 heterocycles. The van der Waals surface area contributed by atoms with Crippen molar-refractivity contribution in [3.8, 4) is 28.7 Å². The van der Waals surface area contributed by atoms with Crippen molar-refractivity contribution < 1.29 is 17.6 Å². The highest BCUT2D eigenvalue weighted by atomic mass is 32.1. The summed E-state index contributed by atoms with van der Waals surface area (Å²) in [7, 11) is 1.68. The molecule has 0 atom stereocenters. The topological polar surface area (TPSA) is 66.5 Å². The molecule has 0 saturated carbocycles. The van der Waals surface area contributed by atoms with Crippen molar-refractivity contribution in [1.82, 2.24) is 14.5 Å². The number of hydrogen-bond donors (Lipinski definition) is 1. The summed E-state index contributed by atoms with van der Waals surface area (Å²) >= 11 is 1.41. The van der Waals surface area contributed by atoms with Gasteiger partial charge in [0.15, 0.2) is 5.13 Å². The van der Waals surface area contributed by atoms with Gasteiger partial charge in [-0.2, -0.15) is 18.4 Å². The Morgan fingerprint density at radius 1 is 1.00 bits per heavy atom. The standard InChI is InChI=1S/C26H17F4N5S/c1-14-7-23-21(32-24(35(23)2)17-8-18(26(28,29)30)10-19(27)9-17)11-20(14)33-25-34-22(13-36-25)16-5-3-15(12-31)4-6-16/h3-11,13H,1-2H3,(H,33,34). The molecule has 180 valence electrons. The number of aryl methyl sites for hydroxylation is 2. The maximum Gasteiger partial charge on any atom is 0.416 e. The van der Waals surface area contributed by atoms with E-state index in [1.807, 2.05) is 30.5 Å². The molecule has 0 amide bonds. The van der Waals surface area contributed by atoms with Crippen LogP contribution in [-0.4, -0.2) is 14.5 Å². The second-order valence-electron chi connectivity index (χ2n) is 8.23. The summed E-state index contributed by atoms with van der Waals surface area (Å²) < 4.78 is 55.3. The number of halogens is 4. The summed E-state index contributed by atoms with van der Waals surface area (Å²) in [6.07, 6.45) is -4.67. The van der Waals surface area contributed by atoms with Gasteiger partial charge in [0.1, 0.15) is 11.6 Å². The SMILES string of the molecule is Cc1cc2c(cc1Nc1nc(-c3ccc(C#N)cc3)cs1)nc(-c1cc(F)cc(C(F)(F)F)c1)n2C. The van der Waals surface area contributed by atoms with Crippen molar-refractivity contribution in [3.05, 3.63) is 82.5 Å². The largest absolute Gasteiger partial charge is 0.416 e. The highest BCUT2D eigenvalue weighted by Gasteiger charge is 2.32. The van der Waals surface area contributed by atoms with E-state index in [9.17, 15) is 17.6 Å². The molecule has 0 aliphatic heterocycles. The Kier molecular flexibility index (Phi) is 5.73. The molecule has 2 aromatic heterocycles. The molecule has 0 radical (unpaired) electrons. The molecule has 0 spiro atoms. The first-order chi connectivity index (χ1) is 17.1. The van der Waals surface area contributed by atoms with Gasteiger partial charge in [0.2, 0.25) is 0 Å². The quantitative estimate of drug-likeness (QED) is 0.257. The fourth-order valence-electron chi connectivity index (χ4n) is 3.91. The monoisotopic (exact) mass is 507 g/mol. The first-order valence-corrected chi connectivity index (χ1v) is 11.6. The van der Waals surface area contributed by atoms with Crippen LogP contribution >= 0.6 is 11.3 Å². The van der Waals surface area contributed by atoms with E-state index >= 15 is 0 Å². The zero-order valence-corrected chi connectivity index (χ0v) is 19.8. The summed E-state index contributed by atoms with van der Waals surface area (Å²) in [5.41, 5.74) is 4.05. The lowest BCUT2D eigenvalue weighted by Gasteiger charge is -2.10. The minimum absolute atomic E-state index is 0.0418. The molecule has 5 nitrogen and oxygen atoms in total. The zero-order chi connectivity index (χ0) is 25.6. The number of nitriles is 1. The maximum atomic E-state index is 14.0. The van der Waals surface area contributed by atoms with Crippen LogP contribution in [0.3, 0.4) is 0 Å². The van der Waals surface area contributed by atoms with E-state index in [1.165, 1.54) is 11.3 Å². The number of anilines is 2. The summed E-state index contributed by atoms with van der Waals surface area (Å²) in [6.45, 7) is 1.90. The average Bonchev–Trinajstić information content (AvgIpc) is 3.43. The number of fused-ring (bicyclic) bond motifs is 1. The van der Waals surface area contributed by atoms with Crippen LogP contribution in [-0.2, 0) is 13.2 Å². The summed E-state index contributed by atoms with van der Waals surface area (Å²) in [4.78, 5) is 9.12. The van der Waals surface area contributed by atoms with Crippen molar-refractivity contribution >= 4 is 33.2 Å². The lowest BCUT2D eigenvalue weighted by Crippen LogP contribution is -2.06. The highest BCUT2D eigenvalue weighted by molar-refractivity contribution is 7.14. The van der Waals surface area contributed by atoms with Gasteiger partial charge in [-0.25, -0.2) is 14.4 Å². The van der Waals surface area contributed by atoms with Gasteiger partial charge in [-0.15, -0.1) is 11.3 Å². The van der Waals surface area contributed by atoms with Crippen LogP contribution in [0.5, 0.6) is 0 Å². The molecule has 0 saturated heterocycles. The van der Waals surface area contributed by atoms with Crippen LogP contribution in [0, 0.1) is 24.1 Å². The maximum absolute atomic E-state index is 14.0. The van der Waals surface area contributed by atoms with Crippen LogP contribution in [0.1, 0.15) is 16.7 Å². The van der Waals surface area contributed by atoms with E-state index in [-0.39, 0.29) is 11.4 Å². The Balaban J connectivity index is 1.48. The number of aromatic nitrogens is 3. The van der Waals surface area contributed by atoms with Crippen molar-refractivity contribution in [2.75, 3.05) is 5.32 Å². The van der Waals surface area contributed by atoms with E-state index in [1.54, 1.807) is 29.8 Å². The summed E-state index contributed by atoms with van der Waals surface area (Å²) in [5, 5.41) is 14.8. The molecule has 0 aliphatic carbocycles. The van der Waals surface area contributed by atoms with Crippen molar-refractivity contribution in [2.24, 2.45) is 7.05 Å². The zero-order valence-electron chi connectivity index (χ0n) is 19.0. The van der Waals surface area contributed by atoms with E-state index in [0.717, 1.165) is 34.6 Å². The van der Waals surface area contributed by atoms with Crippen molar-refractivity contribution in [1.29, 1.82) is 5.26 Å². The number of thiazole rings is 1. The number of hydrogen-bond acceptors (Lipinski definition) is 5. The Bertz CT molecular complexity index is 1640. The third-order valence-electron chi connectivity index (χ3n) is 5.77. The van der Waals surface area contributed by atoms with E-state index in [0.29, 0.717) is 27.8 Å². The smallest absolute Gasteiger partial charge is 0.331 e.